The minimum atomic E-state index is -0.743. The summed E-state index contributed by atoms with van der Waals surface area (Å²) in [5.74, 6) is 0.00694. The van der Waals surface area contributed by atoms with Gasteiger partial charge in [0.05, 0.1) is 6.26 Å². The van der Waals surface area contributed by atoms with E-state index in [1.54, 1.807) is 0 Å². The molecule has 0 aliphatic carbocycles. The van der Waals surface area contributed by atoms with Crippen molar-refractivity contribution in [3.63, 3.8) is 0 Å². The van der Waals surface area contributed by atoms with Crippen molar-refractivity contribution in [3.05, 3.63) is 12.3 Å². The second-order valence-corrected chi connectivity index (χ2v) is 3.26. The lowest BCUT2D eigenvalue weighted by Crippen LogP contribution is -2.27. The third kappa shape index (κ3) is 1.15. The van der Waals surface area contributed by atoms with Gasteiger partial charge in [-0.2, -0.15) is 0 Å². The number of ether oxygens (including phenoxy) is 1. The summed E-state index contributed by atoms with van der Waals surface area (Å²) in [6.07, 6.45) is 3.98. The van der Waals surface area contributed by atoms with E-state index in [1.165, 1.54) is 13.2 Å². The number of carbonyl (C=O) groups is 1. The van der Waals surface area contributed by atoms with Crippen LogP contribution in [0.4, 0.5) is 0 Å². The lowest BCUT2D eigenvalue weighted by atomic mass is 10.2. The largest absolute Gasteiger partial charge is 0.476 e. The number of hydrogen-bond acceptors (Lipinski definition) is 2. The van der Waals surface area contributed by atoms with Gasteiger partial charge in [-0.05, 0) is 28.9 Å². The zero-order chi connectivity index (χ0) is 6.91. The maximum absolute atomic E-state index is 10.8. The normalized spacial score (nSPS) is 32.2. The standard InChI is InChI=1S/C6H7BrO2/c1-5(8)6(7)3-2-4-9-6/h2,4H,3H2,1H3. The summed E-state index contributed by atoms with van der Waals surface area (Å²) in [6, 6.07) is 0. The van der Waals surface area contributed by atoms with Gasteiger partial charge < -0.3 is 4.74 Å². The number of halogens is 1. The molecule has 0 aromatic rings. The summed E-state index contributed by atoms with van der Waals surface area (Å²) in [6.45, 7) is 1.50. The SMILES string of the molecule is CC(=O)C1(Br)CC=CO1. The minimum Gasteiger partial charge on any atom is -0.476 e. The zero-order valence-corrected chi connectivity index (χ0v) is 6.64. The predicted molar refractivity (Wildman–Crippen MR) is 37.2 cm³/mol. The van der Waals surface area contributed by atoms with E-state index >= 15 is 0 Å². The Hall–Kier alpha value is -0.310. The van der Waals surface area contributed by atoms with Crippen LogP contribution in [0.3, 0.4) is 0 Å². The smallest absolute Gasteiger partial charge is 0.223 e. The summed E-state index contributed by atoms with van der Waals surface area (Å²) in [4.78, 5) is 10.8. The van der Waals surface area contributed by atoms with E-state index in [1.807, 2.05) is 6.08 Å². The zero-order valence-electron chi connectivity index (χ0n) is 5.06. The van der Waals surface area contributed by atoms with Crippen molar-refractivity contribution in [2.24, 2.45) is 0 Å². The molecule has 1 heterocycles. The van der Waals surface area contributed by atoms with Crippen LogP contribution in [0.2, 0.25) is 0 Å². The van der Waals surface area contributed by atoms with Crippen LogP contribution in [-0.4, -0.2) is 10.3 Å². The fourth-order valence-electron chi connectivity index (χ4n) is 0.630. The van der Waals surface area contributed by atoms with E-state index < -0.39 is 4.51 Å². The van der Waals surface area contributed by atoms with Crippen molar-refractivity contribution in [3.8, 4) is 0 Å². The summed E-state index contributed by atoms with van der Waals surface area (Å²) in [5, 5.41) is 0. The van der Waals surface area contributed by atoms with Gasteiger partial charge in [-0.3, -0.25) is 4.79 Å². The first-order valence-corrected chi connectivity index (χ1v) is 3.47. The average molecular weight is 191 g/mol. The van der Waals surface area contributed by atoms with Crippen LogP contribution >= 0.6 is 15.9 Å². The van der Waals surface area contributed by atoms with Crippen molar-refractivity contribution in [1.29, 1.82) is 0 Å². The summed E-state index contributed by atoms with van der Waals surface area (Å²) < 4.78 is 4.25. The van der Waals surface area contributed by atoms with E-state index in [0.29, 0.717) is 6.42 Å². The molecule has 1 atom stereocenters. The Kier molecular flexibility index (Phi) is 1.62. The molecule has 0 fully saturated rings. The van der Waals surface area contributed by atoms with Gasteiger partial charge in [-0.1, -0.05) is 0 Å². The molecule has 9 heavy (non-hydrogen) atoms. The molecule has 3 heteroatoms. The lowest BCUT2D eigenvalue weighted by Gasteiger charge is -2.16. The molecular formula is C6H7BrO2. The Morgan fingerprint density at radius 3 is 2.78 bits per heavy atom. The molecule has 0 N–H and O–H groups in total. The number of alkyl halides is 1. The Morgan fingerprint density at radius 2 is 2.56 bits per heavy atom. The third-order valence-electron chi connectivity index (χ3n) is 1.26. The van der Waals surface area contributed by atoms with Gasteiger partial charge in [0.2, 0.25) is 4.51 Å². The lowest BCUT2D eigenvalue weighted by molar-refractivity contribution is -0.126. The highest BCUT2D eigenvalue weighted by molar-refractivity contribution is 9.10. The van der Waals surface area contributed by atoms with E-state index in [0.717, 1.165) is 0 Å². The molecule has 1 aliphatic rings. The second kappa shape index (κ2) is 2.14. The molecule has 0 aromatic carbocycles. The summed E-state index contributed by atoms with van der Waals surface area (Å²) in [7, 11) is 0. The molecule has 0 radical (unpaired) electrons. The first-order valence-electron chi connectivity index (χ1n) is 2.68. The van der Waals surface area contributed by atoms with Gasteiger partial charge in [-0.25, -0.2) is 0 Å². The highest BCUT2D eigenvalue weighted by atomic mass is 79.9. The Morgan fingerprint density at radius 1 is 1.89 bits per heavy atom. The fraction of sp³-hybridized carbons (Fsp3) is 0.500. The van der Waals surface area contributed by atoms with Gasteiger partial charge in [0.1, 0.15) is 0 Å². The first-order chi connectivity index (χ1) is 4.15. The molecular weight excluding hydrogens is 184 g/mol. The molecule has 1 unspecified atom stereocenters. The third-order valence-corrected chi connectivity index (χ3v) is 2.33. The molecule has 0 saturated heterocycles. The molecule has 0 saturated carbocycles. The number of hydrogen-bond donors (Lipinski definition) is 0. The Bertz CT molecular complexity index is 154. The number of rotatable bonds is 1. The van der Waals surface area contributed by atoms with Gasteiger partial charge in [0, 0.05) is 6.42 Å². The second-order valence-electron chi connectivity index (χ2n) is 1.98. The topological polar surface area (TPSA) is 26.3 Å². The van der Waals surface area contributed by atoms with E-state index in [2.05, 4.69) is 15.9 Å². The number of ketones is 1. The van der Waals surface area contributed by atoms with E-state index in [-0.39, 0.29) is 5.78 Å². The van der Waals surface area contributed by atoms with Crippen LogP contribution in [0.25, 0.3) is 0 Å². The van der Waals surface area contributed by atoms with Crippen LogP contribution in [0, 0.1) is 0 Å². The van der Waals surface area contributed by atoms with E-state index in [4.69, 9.17) is 4.74 Å². The molecule has 2 nitrogen and oxygen atoms in total. The minimum absolute atomic E-state index is 0.00694. The molecule has 0 bridgehead atoms. The van der Waals surface area contributed by atoms with Crippen LogP contribution in [0.15, 0.2) is 12.3 Å². The maximum Gasteiger partial charge on any atom is 0.223 e. The molecule has 1 rings (SSSR count). The number of Topliss-reactive ketones (excluding diaryl/α,β-unsaturated/α-hetero) is 1. The van der Waals surface area contributed by atoms with Crippen molar-refractivity contribution < 1.29 is 9.53 Å². The van der Waals surface area contributed by atoms with Crippen LogP contribution < -0.4 is 0 Å². The highest BCUT2D eigenvalue weighted by Crippen LogP contribution is 2.30. The van der Waals surface area contributed by atoms with Crippen molar-refractivity contribution >= 4 is 21.7 Å². The predicted octanol–water partition coefficient (Wildman–Crippen LogP) is 1.60. The average Bonchev–Trinajstić information content (AvgIpc) is 2.16. The maximum atomic E-state index is 10.8. The van der Waals surface area contributed by atoms with E-state index in [9.17, 15) is 4.79 Å². The van der Waals surface area contributed by atoms with Crippen molar-refractivity contribution in [2.75, 3.05) is 0 Å². The van der Waals surface area contributed by atoms with Gasteiger partial charge >= 0.3 is 0 Å². The number of carbonyl (C=O) groups excluding carboxylic acids is 1. The van der Waals surface area contributed by atoms with Crippen LogP contribution in [0.1, 0.15) is 13.3 Å². The quantitative estimate of drug-likeness (QED) is 0.588. The summed E-state index contributed by atoms with van der Waals surface area (Å²) >= 11 is 3.18. The van der Waals surface area contributed by atoms with Crippen LogP contribution in [0.5, 0.6) is 0 Å². The summed E-state index contributed by atoms with van der Waals surface area (Å²) in [5.41, 5.74) is 0. The Labute approximate surface area is 62.0 Å². The fourth-order valence-corrected chi connectivity index (χ4v) is 0.925. The van der Waals surface area contributed by atoms with Crippen molar-refractivity contribution in [1.82, 2.24) is 0 Å². The van der Waals surface area contributed by atoms with Gasteiger partial charge in [0.15, 0.2) is 5.78 Å². The molecule has 1 aliphatic heterocycles. The molecule has 0 amide bonds. The Balaban J connectivity index is 2.66. The molecule has 50 valence electrons. The van der Waals surface area contributed by atoms with Crippen molar-refractivity contribution in [2.45, 2.75) is 17.9 Å². The highest BCUT2D eigenvalue weighted by Gasteiger charge is 2.34. The van der Waals surface area contributed by atoms with Crippen LogP contribution in [-0.2, 0) is 9.53 Å². The monoisotopic (exact) mass is 190 g/mol. The van der Waals surface area contributed by atoms with Gasteiger partial charge in [-0.15, -0.1) is 0 Å². The first kappa shape index (κ1) is 6.81. The molecule has 0 spiro atoms. The van der Waals surface area contributed by atoms with Gasteiger partial charge in [0.25, 0.3) is 0 Å². The molecule has 0 aromatic heterocycles.